The molecule has 0 aliphatic heterocycles. The number of methoxy groups -OCH3 is 1. The lowest BCUT2D eigenvalue weighted by Crippen LogP contribution is -2.20. The van der Waals surface area contributed by atoms with Crippen molar-refractivity contribution in [1.82, 2.24) is 4.57 Å². The molecule has 0 N–H and O–H groups in total. The van der Waals surface area contributed by atoms with E-state index in [1.54, 1.807) is 18.2 Å². The van der Waals surface area contributed by atoms with E-state index in [1.807, 2.05) is 24.3 Å². The number of halogens is 3. The molecule has 0 spiro atoms. The van der Waals surface area contributed by atoms with Gasteiger partial charge in [-0.2, -0.15) is 13.2 Å². The summed E-state index contributed by atoms with van der Waals surface area (Å²) >= 11 is 1.52. The van der Waals surface area contributed by atoms with Crippen LogP contribution < -0.4 is 10.5 Å². The number of esters is 1. The Morgan fingerprint density at radius 2 is 1.80 bits per heavy atom. The molecule has 6 nitrogen and oxygen atoms in total. The van der Waals surface area contributed by atoms with Gasteiger partial charge >= 0.3 is 17.9 Å². The lowest BCUT2D eigenvalue weighted by atomic mass is 10.1. The molecule has 10 heteroatoms. The van der Waals surface area contributed by atoms with Gasteiger partial charge in [-0.15, -0.1) is 11.8 Å². The summed E-state index contributed by atoms with van der Waals surface area (Å²) in [5, 5.41) is 0. The van der Waals surface area contributed by atoms with Crippen molar-refractivity contribution in [2.45, 2.75) is 30.0 Å². The minimum absolute atomic E-state index is 0.146. The van der Waals surface area contributed by atoms with Crippen LogP contribution in [0.3, 0.4) is 0 Å². The molecule has 35 heavy (non-hydrogen) atoms. The first-order valence-electron chi connectivity index (χ1n) is 10.4. The third kappa shape index (κ3) is 6.07. The molecule has 0 unspecified atom stereocenters. The highest BCUT2D eigenvalue weighted by Crippen LogP contribution is 2.30. The van der Waals surface area contributed by atoms with Gasteiger partial charge in [0.25, 0.3) is 0 Å². The second-order valence-corrected chi connectivity index (χ2v) is 8.63. The van der Waals surface area contributed by atoms with E-state index in [2.05, 4.69) is 4.74 Å². The number of fused-ring (bicyclic) bond motifs is 1. The van der Waals surface area contributed by atoms with Crippen molar-refractivity contribution in [2.24, 2.45) is 0 Å². The van der Waals surface area contributed by atoms with E-state index >= 15 is 0 Å². The summed E-state index contributed by atoms with van der Waals surface area (Å²) < 4.78 is 54.9. The molecule has 0 aliphatic rings. The molecular formula is C25H20F3NO5S. The molecule has 4 rings (SSSR count). The van der Waals surface area contributed by atoms with Gasteiger partial charge in [-0.1, -0.05) is 24.3 Å². The van der Waals surface area contributed by atoms with E-state index < -0.39 is 23.5 Å². The molecule has 0 bridgehead atoms. The molecule has 0 aliphatic carbocycles. The maximum atomic E-state index is 12.7. The molecule has 1 aromatic heterocycles. The predicted octanol–water partition coefficient (Wildman–Crippen LogP) is 5.66. The molecule has 182 valence electrons. The molecule has 0 saturated heterocycles. The zero-order valence-electron chi connectivity index (χ0n) is 18.5. The van der Waals surface area contributed by atoms with Crippen molar-refractivity contribution in [3.05, 3.63) is 94.0 Å². The van der Waals surface area contributed by atoms with Gasteiger partial charge in [0.15, 0.2) is 5.58 Å². The maximum absolute atomic E-state index is 12.7. The van der Waals surface area contributed by atoms with Crippen LogP contribution >= 0.6 is 11.8 Å². The van der Waals surface area contributed by atoms with Gasteiger partial charge in [-0.05, 0) is 53.6 Å². The highest BCUT2D eigenvalue weighted by atomic mass is 32.2. The molecular weight excluding hydrogens is 483 g/mol. The minimum atomic E-state index is -4.37. The molecule has 0 amide bonds. The van der Waals surface area contributed by atoms with Crippen molar-refractivity contribution in [1.29, 1.82) is 0 Å². The second-order valence-electron chi connectivity index (χ2n) is 7.58. The Hall–Kier alpha value is -3.66. The SMILES string of the molecule is COC(=O)Cn1c(=O)oc2cc(SCc3cccc(OCc4ccc(C(F)(F)F)cc4)c3)ccc21. The summed E-state index contributed by atoms with van der Waals surface area (Å²) in [7, 11) is 1.25. The van der Waals surface area contributed by atoms with Gasteiger partial charge in [0.05, 0.1) is 18.2 Å². The molecule has 1 heterocycles. The molecule has 0 radical (unpaired) electrons. The van der Waals surface area contributed by atoms with Crippen molar-refractivity contribution >= 4 is 28.8 Å². The predicted molar refractivity (Wildman–Crippen MR) is 124 cm³/mol. The van der Waals surface area contributed by atoms with Crippen LogP contribution in [0, 0.1) is 0 Å². The third-order valence-electron chi connectivity index (χ3n) is 5.15. The van der Waals surface area contributed by atoms with Crippen LogP contribution in [0.15, 0.2) is 80.8 Å². The number of benzene rings is 3. The van der Waals surface area contributed by atoms with E-state index in [4.69, 9.17) is 9.15 Å². The molecule has 0 saturated carbocycles. The highest BCUT2D eigenvalue weighted by molar-refractivity contribution is 7.98. The summed E-state index contributed by atoms with van der Waals surface area (Å²) in [6.45, 7) is -0.0823. The summed E-state index contributed by atoms with van der Waals surface area (Å²) in [5.74, 6) is 0.0271. The highest BCUT2D eigenvalue weighted by Gasteiger charge is 2.29. The van der Waals surface area contributed by atoms with Gasteiger partial charge in [-0.3, -0.25) is 9.36 Å². The number of ether oxygens (including phenoxy) is 2. The van der Waals surface area contributed by atoms with E-state index in [0.717, 1.165) is 22.6 Å². The lowest BCUT2D eigenvalue weighted by Gasteiger charge is -2.10. The van der Waals surface area contributed by atoms with Gasteiger partial charge in [0.1, 0.15) is 18.9 Å². The first-order valence-corrected chi connectivity index (χ1v) is 11.4. The number of hydrogen-bond donors (Lipinski definition) is 0. The Labute approximate surface area is 202 Å². The van der Waals surface area contributed by atoms with Crippen molar-refractivity contribution in [2.75, 3.05) is 7.11 Å². The number of nitrogens with zero attached hydrogens (tertiary/aromatic N) is 1. The topological polar surface area (TPSA) is 70.7 Å². The lowest BCUT2D eigenvalue weighted by molar-refractivity contribution is -0.141. The number of thioether (sulfide) groups is 1. The fourth-order valence-corrected chi connectivity index (χ4v) is 4.20. The molecule has 3 aromatic carbocycles. The Bertz CT molecular complexity index is 1390. The fraction of sp³-hybridized carbons (Fsp3) is 0.200. The van der Waals surface area contributed by atoms with Crippen LogP contribution in [0.1, 0.15) is 16.7 Å². The Balaban J connectivity index is 1.38. The quantitative estimate of drug-likeness (QED) is 0.228. The normalized spacial score (nSPS) is 11.5. The van der Waals surface area contributed by atoms with Gasteiger partial charge in [-0.25, -0.2) is 4.79 Å². The average Bonchev–Trinajstić information content (AvgIpc) is 3.15. The van der Waals surface area contributed by atoms with Crippen LogP contribution in [0.5, 0.6) is 5.75 Å². The van der Waals surface area contributed by atoms with Crippen LogP contribution in [0.4, 0.5) is 13.2 Å². The number of oxazole rings is 1. The second kappa shape index (κ2) is 10.3. The average molecular weight is 503 g/mol. The van der Waals surface area contributed by atoms with Crippen LogP contribution in [0.2, 0.25) is 0 Å². The number of rotatable bonds is 8. The number of carbonyl (C=O) groups excluding carboxylic acids is 1. The summed E-state index contributed by atoms with van der Waals surface area (Å²) in [5.41, 5.74) is 1.79. The summed E-state index contributed by atoms with van der Waals surface area (Å²) in [6, 6.07) is 17.6. The van der Waals surface area contributed by atoms with E-state index in [0.29, 0.717) is 28.2 Å². The smallest absolute Gasteiger partial charge is 0.420 e. The third-order valence-corrected chi connectivity index (χ3v) is 6.21. The number of aromatic nitrogens is 1. The van der Waals surface area contributed by atoms with Gasteiger partial charge in [0, 0.05) is 10.6 Å². The maximum Gasteiger partial charge on any atom is 0.420 e. The van der Waals surface area contributed by atoms with E-state index in [-0.39, 0.29) is 13.2 Å². The van der Waals surface area contributed by atoms with E-state index in [1.165, 1.54) is 35.6 Å². The van der Waals surface area contributed by atoms with Crippen molar-refractivity contribution < 1.29 is 31.9 Å². The monoisotopic (exact) mass is 503 g/mol. The Morgan fingerprint density at radius 1 is 1.03 bits per heavy atom. The van der Waals surface area contributed by atoms with Crippen LogP contribution in [-0.2, 0) is 34.6 Å². The first kappa shape index (κ1) is 24.5. The molecule has 4 aromatic rings. The van der Waals surface area contributed by atoms with Crippen molar-refractivity contribution in [3.8, 4) is 5.75 Å². The summed E-state index contributed by atoms with van der Waals surface area (Å²) in [6.07, 6.45) is -4.37. The number of alkyl halides is 3. The fourth-order valence-electron chi connectivity index (χ4n) is 3.33. The summed E-state index contributed by atoms with van der Waals surface area (Å²) in [4.78, 5) is 24.5. The Morgan fingerprint density at radius 3 is 2.51 bits per heavy atom. The van der Waals surface area contributed by atoms with Gasteiger partial charge in [0.2, 0.25) is 0 Å². The molecule has 0 atom stereocenters. The standard InChI is InChI=1S/C25H20F3NO5S/c1-32-23(30)13-29-21-10-9-20(12-22(21)34-24(29)31)35-15-17-3-2-4-19(11-17)33-14-16-5-7-18(8-6-16)25(26,27)28/h2-12H,13-15H2,1H3. The number of carbonyl (C=O) groups is 1. The zero-order chi connectivity index (χ0) is 25.0. The van der Waals surface area contributed by atoms with Crippen molar-refractivity contribution in [3.63, 3.8) is 0 Å². The van der Waals surface area contributed by atoms with Gasteiger partial charge < -0.3 is 13.9 Å². The number of hydrogen-bond acceptors (Lipinski definition) is 6. The minimum Gasteiger partial charge on any atom is -0.489 e. The van der Waals surface area contributed by atoms with Crippen LogP contribution in [0.25, 0.3) is 11.1 Å². The Kier molecular flexibility index (Phi) is 7.20. The van der Waals surface area contributed by atoms with Crippen LogP contribution in [-0.4, -0.2) is 17.6 Å². The first-order chi connectivity index (χ1) is 16.7. The zero-order valence-corrected chi connectivity index (χ0v) is 19.3. The molecule has 0 fully saturated rings. The largest absolute Gasteiger partial charge is 0.489 e. The van der Waals surface area contributed by atoms with E-state index in [9.17, 15) is 22.8 Å².